The van der Waals surface area contributed by atoms with Gasteiger partial charge in [-0.3, -0.25) is 0 Å². The van der Waals surface area contributed by atoms with Crippen LogP contribution in [0.3, 0.4) is 0 Å². The number of thioether (sulfide) groups is 1. The summed E-state index contributed by atoms with van der Waals surface area (Å²) in [6.07, 6.45) is 4.74. The molecule has 112 valence electrons. The van der Waals surface area contributed by atoms with Gasteiger partial charge < -0.3 is 10.2 Å². The molecule has 2 aliphatic rings. The zero-order valence-corrected chi connectivity index (χ0v) is 13.8. The Morgan fingerprint density at radius 1 is 1.05 bits per heavy atom. The summed E-state index contributed by atoms with van der Waals surface area (Å²) >= 11 is 1.97. The molecule has 0 radical (unpaired) electrons. The minimum absolute atomic E-state index is 1.09. The second-order valence-corrected chi connectivity index (χ2v) is 7.04. The molecule has 1 saturated heterocycles. The third-order valence-electron chi connectivity index (χ3n) is 4.21. The Bertz CT molecular complexity index is 568. The van der Waals surface area contributed by atoms with Crippen molar-refractivity contribution in [1.29, 1.82) is 0 Å². The Labute approximate surface area is 132 Å². The van der Waals surface area contributed by atoms with Crippen molar-refractivity contribution in [1.82, 2.24) is 5.32 Å². The van der Waals surface area contributed by atoms with E-state index in [1.165, 1.54) is 39.5 Å². The fraction of sp³-hybridized carbons (Fsp3) is 0.444. The molecule has 0 saturated carbocycles. The van der Waals surface area contributed by atoms with Gasteiger partial charge in [0.1, 0.15) is 0 Å². The highest BCUT2D eigenvalue weighted by molar-refractivity contribution is 8.03. The number of allylic oxidation sites excluding steroid dienone is 4. The summed E-state index contributed by atoms with van der Waals surface area (Å²) < 4.78 is 0. The van der Waals surface area contributed by atoms with Crippen molar-refractivity contribution in [3.8, 4) is 0 Å². The maximum Gasteiger partial charge on any atom is 0.0508 e. The van der Waals surface area contributed by atoms with Crippen LogP contribution < -0.4 is 10.2 Å². The molecule has 2 nitrogen and oxygen atoms in total. The summed E-state index contributed by atoms with van der Waals surface area (Å²) in [7, 11) is 0. The van der Waals surface area contributed by atoms with E-state index in [1.54, 1.807) is 0 Å². The van der Waals surface area contributed by atoms with E-state index < -0.39 is 0 Å². The van der Waals surface area contributed by atoms with Crippen molar-refractivity contribution >= 4 is 17.4 Å². The minimum atomic E-state index is 1.09. The topological polar surface area (TPSA) is 15.3 Å². The van der Waals surface area contributed by atoms with Gasteiger partial charge in [0.05, 0.1) is 5.69 Å². The van der Waals surface area contributed by atoms with Crippen LogP contribution in [-0.4, -0.2) is 26.2 Å². The first-order valence-corrected chi connectivity index (χ1v) is 8.65. The first-order chi connectivity index (χ1) is 10.2. The summed E-state index contributed by atoms with van der Waals surface area (Å²) in [6.45, 7) is 8.87. The van der Waals surface area contributed by atoms with Gasteiger partial charge in [-0.15, -0.1) is 0 Å². The van der Waals surface area contributed by atoms with Gasteiger partial charge in [-0.1, -0.05) is 35.5 Å². The number of para-hydroxylation sites is 1. The number of nitrogens with zero attached hydrogens (tertiary/aromatic N) is 1. The quantitative estimate of drug-likeness (QED) is 0.900. The Hall–Kier alpha value is -1.19. The molecule has 1 aliphatic carbocycles. The van der Waals surface area contributed by atoms with Crippen molar-refractivity contribution in [3.63, 3.8) is 0 Å². The van der Waals surface area contributed by atoms with Crippen LogP contribution in [-0.2, 0) is 0 Å². The van der Waals surface area contributed by atoms with Crippen LogP contribution in [0.15, 0.2) is 51.3 Å². The van der Waals surface area contributed by atoms with Gasteiger partial charge in [0.15, 0.2) is 0 Å². The van der Waals surface area contributed by atoms with Crippen molar-refractivity contribution in [3.05, 3.63) is 46.4 Å². The first kappa shape index (κ1) is 14.7. The smallest absolute Gasteiger partial charge is 0.0508 e. The van der Waals surface area contributed by atoms with Crippen LogP contribution in [0.25, 0.3) is 0 Å². The molecule has 1 aromatic carbocycles. The van der Waals surface area contributed by atoms with E-state index in [0.717, 1.165) is 26.2 Å². The molecule has 1 aromatic rings. The lowest BCUT2D eigenvalue weighted by atomic mass is 10.0. The largest absolute Gasteiger partial charge is 0.368 e. The van der Waals surface area contributed by atoms with Crippen LogP contribution in [0.1, 0.15) is 26.7 Å². The van der Waals surface area contributed by atoms with Crippen molar-refractivity contribution in [2.24, 2.45) is 0 Å². The fourth-order valence-corrected chi connectivity index (χ4v) is 4.14. The SMILES string of the molecule is CC1=CC(C)=C(Sc2ccccc2N2CCNCC2)CC1. The molecule has 1 fully saturated rings. The molecule has 1 heterocycles. The predicted molar refractivity (Wildman–Crippen MR) is 93.1 cm³/mol. The van der Waals surface area contributed by atoms with E-state index in [0.29, 0.717) is 0 Å². The highest BCUT2D eigenvalue weighted by atomic mass is 32.2. The zero-order chi connectivity index (χ0) is 14.7. The number of anilines is 1. The number of hydrogen-bond donors (Lipinski definition) is 1. The predicted octanol–water partition coefficient (Wildman–Crippen LogP) is 4.20. The summed E-state index contributed by atoms with van der Waals surface area (Å²) in [5.74, 6) is 0. The van der Waals surface area contributed by atoms with E-state index in [-0.39, 0.29) is 0 Å². The number of hydrogen-bond acceptors (Lipinski definition) is 3. The average Bonchev–Trinajstić information content (AvgIpc) is 2.51. The van der Waals surface area contributed by atoms with E-state index in [4.69, 9.17) is 0 Å². The minimum Gasteiger partial charge on any atom is -0.368 e. The number of piperazine rings is 1. The second-order valence-electron chi connectivity index (χ2n) is 5.90. The molecule has 0 spiro atoms. The maximum absolute atomic E-state index is 3.43. The van der Waals surface area contributed by atoms with Gasteiger partial charge in [0.2, 0.25) is 0 Å². The van der Waals surface area contributed by atoms with Gasteiger partial charge in [-0.05, 0) is 49.3 Å². The van der Waals surface area contributed by atoms with Gasteiger partial charge in [0.25, 0.3) is 0 Å². The maximum atomic E-state index is 3.43. The first-order valence-electron chi connectivity index (χ1n) is 7.83. The van der Waals surface area contributed by atoms with E-state index in [1.807, 2.05) is 11.8 Å². The molecular weight excluding hydrogens is 276 g/mol. The Kier molecular flexibility index (Phi) is 4.71. The lowest BCUT2D eigenvalue weighted by Crippen LogP contribution is -2.43. The molecule has 3 rings (SSSR count). The summed E-state index contributed by atoms with van der Waals surface area (Å²) in [6, 6.07) is 8.86. The van der Waals surface area contributed by atoms with Gasteiger partial charge in [-0.25, -0.2) is 0 Å². The van der Waals surface area contributed by atoms with Crippen molar-refractivity contribution in [2.75, 3.05) is 31.1 Å². The number of rotatable bonds is 3. The molecule has 1 N–H and O–H groups in total. The van der Waals surface area contributed by atoms with Crippen LogP contribution in [0.2, 0.25) is 0 Å². The summed E-state index contributed by atoms with van der Waals surface area (Å²) in [5, 5.41) is 3.43. The molecule has 0 atom stereocenters. The van der Waals surface area contributed by atoms with Crippen LogP contribution in [0.5, 0.6) is 0 Å². The molecule has 0 unspecified atom stereocenters. The highest BCUT2D eigenvalue weighted by Crippen LogP contribution is 2.40. The van der Waals surface area contributed by atoms with E-state index in [9.17, 15) is 0 Å². The van der Waals surface area contributed by atoms with Gasteiger partial charge in [-0.2, -0.15) is 0 Å². The Morgan fingerprint density at radius 2 is 1.81 bits per heavy atom. The van der Waals surface area contributed by atoms with Gasteiger partial charge >= 0.3 is 0 Å². The Balaban J connectivity index is 1.84. The molecule has 1 aliphatic heterocycles. The summed E-state index contributed by atoms with van der Waals surface area (Å²) in [4.78, 5) is 5.45. The van der Waals surface area contributed by atoms with Crippen LogP contribution in [0, 0.1) is 0 Å². The monoisotopic (exact) mass is 300 g/mol. The lowest BCUT2D eigenvalue weighted by molar-refractivity contribution is 0.587. The molecule has 0 aromatic heterocycles. The van der Waals surface area contributed by atoms with Crippen LogP contribution in [0.4, 0.5) is 5.69 Å². The molecule has 21 heavy (non-hydrogen) atoms. The average molecular weight is 300 g/mol. The van der Waals surface area contributed by atoms with Crippen LogP contribution >= 0.6 is 11.8 Å². The van der Waals surface area contributed by atoms with Crippen molar-refractivity contribution in [2.45, 2.75) is 31.6 Å². The molecule has 3 heteroatoms. The lowest BCUT2D eigenvalue weighted by Gasteiger charge is -2.31. The molecular formula is C18H24N2S. The second kappa shape index (κ2) is 6.71. The van der Waals surface area contributed by atoms with Crippen molar-refractivity contribution < 1.29 is 0 Å². The zero-order valence-electron chi connectivity index (χ0n) is 13.0. The molecule has 0 amide bonds. The molecule has 0 bridgehead atoms. The third kappa shape index (κ3) is 3.53. The number of benzene rings is 1. The summed E-state index contributed by atoms with van der Waals surface area (Å²) in [5.41, 5.74) is 4.35. The third-order valence-corrected chi connectivity index (χ3v) is 5.54. The van der Waals surface area contributed by atoms with Gasteiger partial charge in [0, 0.05) is 31.1 Å². The standard InChI is InChI=1S/C18H24N2S/c1-14-7-8-17(15(2)13-14)21-18-6-4-3-5-16(18)20-11-9-19-10-12-20/h3-6,13,19H,7-12H2,1-2H3. The highest BCUT2D eigenvalue weighted by Gasteiger charge is 2.16. The Morgan fingerprint density at radius 3 is 2.57 bits per heavy atom. The fourth-order valence-electron chi connectivity index (χ4n) is 3.00. The van der Waals surface area contributed by atoms with E-state index >= 15 is 0 Å². The number of nitrogens with one attached hydrogen (secondary N) is 1. The van der Waals surface area contributed by atoms with E-state index in [2.05, 4.69) is 54.4 Å². The normalized spacial score (nSPS) is 19.7.